The molecule has 1 heteroatoms. The molecule has 0 aromatic heterocycles. The van der Waals surface area contributed by atoms with Gasteiger partial charge in [-0.25, -0.2) is 0 Å². The zero-order valence-electron chi connectivity index (χ0n) is 10.9. The molecule has 1 aliphatic rings. The molecule has 1 unspecified atom stereocenters. The van der Waals surface area contributed by atoms with E-state index >= 15 is 0 Å². The van der Waals surface area contributed by atoms with E-state index < -0.39 is 0 Å². The van der Waals surface area contributed by atoms with Crippen LogP contribution in [-0.4, -0.2) is 0 Å². The van der Waals surface area contributed by atoms with Gasteiger partial charge in [-0.05, 0) is 16.9 Å². The largest absolute Gasteiger partial charge is 1.00 e. The van der Waals surface area contributed by atoms with Crippen molar-refractivity contribution in [1.29, 1.82) is 0 Å². The van der Waals surface area contributed by atoms with Gasteiger partial charge in [0.25, 0.3) is 0 Å². The topological polar surface area (TPSA) is 0 Å². The molecule has 0 heterocycles. The third kappa shape index (κ3) is 3.37. The first-order valence-corrected chi connectivity index (χ1v) is 4.81. The Hall–Kier alpha value is 0.0774. The van der Waals surface area contributed by atoms with Crippen LogP contribution in [0.15, 0.2) is 23.8 Å². The molecule has 0 nitrogen and oxygen atoms in total. The smallest absolute Gasteiger partial charge is 1.00 e. The summed E-state index contributed by atoms with van der Waals surface area (Å²) in [6.07, 6.45) is 7.01. The molecule has 0 amide bonds. The Kier molecular flexibility index (Phi) is 4.56. The zero-order chi connectivity index (χ0) is 9.35. The quantitative estimate of drug-likeness (QED) is 0.516. The second-order valence-corrected chi connectivity index (χ2v) is 5.07. The fourth-order valence-electron chi connectivity index (χ4n) is 1.46. The monoisotopic (exact) mass is 172 g/mol. The zero-order valence-corrected chi connectivity index (χ0v) is 9.89. The predicted octanol–water partition coefficient (Wildman–Crippen LogP) is 0.917. The van der Waals surface area contributed by atoms with Crippen molar-refractivity contribution in [3.05, 3.63) is 23.8 Å². The van der Waals surface area contributed by atoms with E-state index in [4.69, 9.17) is 0 Å². The summed E-state index contributed by atoms with van der Waals surface area (Å²) in [5.74, 6) is 1.31. The Labute approximate surface area is 96.2 Å². The predicted molar refractivity (Wildman–Crippen MR) is 56.1 cm³/mol. The molecule has 0 aliphatic heterocycles. The number of rotatable bonds is 1. The Morgan fingerprint density at radius 3 is 2.08 bits per heavy atom. The summed E-state index contributed by atoms with van der Waals surface area (Å²) in [5, 5.41) is 0. The van der Waals surface area contributed by atoms with Gasteiger partial charge in [0.1, 0.15) is 0 Å². The van der Waals surface area contributed by atoms with Crippen molar-refractivity contribution in [2.75, 3.05) is 0 Å². The molecular formula is C12H21Li. The minimum atomic E-state index is 0. The third-order valence-electron chi connectivity index (χ3n) is 2.53. The van der Waals surface area contributed by atoms with Crippen LogP contribution in [0.3, 0.4) is 0 Å². The first kappa shape index (κ1) is 13.1. The van der Waals surface area contributed by atoms with Crippen LogP contribution in [0.25, 0.3) is 0 Å². The maximum Gasteiger partial charge on any atom is 1.00 e. The minimum Gasteiger partial charge on any atom is -1.00 e. The molecule has 0 saturated heterocycles. The van der Waals surface area contributed by atoms with Gasteiger partial charge >= 0.3 is 18.9 Å². The van der Waals surface area contributed by atoms with Crippen LogP contribution in [0.5, 0.6) is 0 Å². The van der Waals surface area contributed by atoms with Crippen molar-refractivity contribution < 1.29 is 20.3 Å². The van der Waals surface area contributed by atoms with Gasteiger partial charge in [-0.15, -0.1) is 0 Å². The van der Waals surface area contributed by atoms with Crippen molar-refractivity contribution in [2.24, 2.45) is 17.3 Å². The van der Waals surface area contributed by atoms with Gasteiger partial charge in [0.2, 0.25) is 0 Å². The number of hydrogen-bond donors (Lipinski definition) is 0. The van der Waals surface area contributed by atoms with E-state index in [0.29, 0.717) is 17.3 Å². The average molecular weight is 172 g/mol. The maximum absolute atomic E-state index is 2.41. The van der Waals surface area contributed by atoms with E-state index in [2.05, 4.69) is 52.8 Å². The van der Waals surface area contributed by atoms with Crippen molar-refractivity contribution in [1.82, 2.24) is 0 Å². The minimum absolute atomic E-state index is 0. The summed E-state index contributed by atoms with van der Waals surface area (Å²) < 4.78 is 0. The van der Waals surface area contributed by atoms with Crippen LogP contribution in [0.1, 0.15) is 36.0 Å². The number of hydrogen-bond acceptors (Lipinski definition) is 0. The van der Waals surface area contributed by atoms with Gasteiger partial charge < -0.3 is 1.43 Å². The van der Waals surface area contributed by atoms with Crippen LogP contribution in [0.4, 0.5) is 0 Å². The van der Waals surface area contributed by atoms with Gasteiger partial charge in [-0.3, -0.25) is 0 Å². The summed E-state index contributed by atoms with van der Waals surface area (Å²) >= 11 is 0. The summed E-state index contributed by atoms with van der Waals surface area (Å²) in [7, 11) is 0. The van der Waals surface area contributed by atoms with Crippen molar-refractivity contribution in [2.45, 2.75) is 34.6 Å². The van der Waals surface area contributed by atoms with E-state index in [-0.39, 0.29) is 20.3 Å². The molecule has 1 atom stereocenters. The normalized spacial score (nSPS) is 21.7. The fourth-order valence-corrected chi connectivity index (χ4v) is 1.46. The molecular weight excluding hydrogens is 151 g/mol. The van der Waals surface area contributed by atoms with Gasteiger partial charge in [0.15, 0.2) is 0 Å². The Bertz CT molecular complexity index is 221. The van der Waals surface area contributed by atoms with Gasteiger partial charge in [0, 0.05) is 5.92 Å². The Morgan fingerprint density at radius 2 is 1.85 bits per heavy atom. The van der Waals surface area contributed by atoms with E-state index in [1.54, 1.807) is 0 Å². The number of allylic oxidation sites excluding steroid dienone is 4. The van der Waals surface area contributed by atoms with Crippen molar-refractivity contribution in [3.63, 3.8) is 0 Å². The van der Waals surface area contributed by atoms with E-state index in [0.717, 1.165) is 0 Å². The molecule has 13 heavy (non-hydrogen) atoms. The molecule has 0 radical (unpaired) electrons. The second kappa shape index (κ2) is 4.54. The maximum atomic E-state index is 2.41. The molecule has 0 aromatic carbocycles. The fraction of sp³-hybridized carbons (Fsp3) is 0.667. The SMILES string of the molecule is CC(C)C1=CC(C(C)(C)C)C=C1.[H-].[Li+]. The molecule has 70 valence electrons. The van der Waals surface area contributed by atoms with Crippen molar-refractivity contribution >= 4 is 0 Å². The molecule has 1 aliphatic carbocycles. The third-order valence-corrected chi connectivity index (χ3v) is 2.53. The van der Waals surface area contributed by atoms with Crippen LogP contribution in [0, 0.1) is 17.3 Å². The van der Waals surface area contributed by atoms with Crippen LogP contribution in [0.2, 0.25) is 0 Å². The van der Waals surface area contributed by atoms with E-state index in [1.807, 2.05) is 0 Å². The molecule has 0 saturated carbocycles. The molecule has 0 N–H and O–H groups in total. The first-order valence-electron chi connectivity index (χ1n) is 4.81. The van der Waals surface area contributed by atoms with Crippen LogP contribution >= 0.6 is 0 Å². The van der Waals surface area contributed by atoms with Gasteiger partial charge in [-0.2, -0.15) is 0 Å². The Morgan fingerprint density at radius 1 is 1.31 bits per heavy atom. The van der Waals surface area contributed by atoms with Crippen molar-refractivity contribution in [3.8, 4) is 0 Å². The molecule has 0 fully saturated rings. The summed E-state index contributed by atoms with van der Waals surface area (Å²) in [4.78, 5) is 0. The molecule has 1 rings (SSSR count). The van der Waals surface area contributed by atoms with Gasteiger partial charge in [0.05, 0.1) is 0 Å². The summed E-state index contributed by atoms with van der Waals surface area (Å²) in [6.45, 7) is 11.4. The summed E-state index contributed by atoms with van der Waals surface area (Å²) in [5.41, 5.74) is 1.88. The van der Waals surface area contributed by atoms with E-state index in [9.17, 15) is 0 Å². The summed E-state index contributed by atoms with van der Waals surface area (Å²) in [6, 6.07) is 0. The molecule has 0 spiro atoms. The average Bonchev–Trinajstić information content (AvgIpc) is 2.30. The van der Waals surface area contributed by atoms with Gasteiger partial charge in [-0.1, -0.05) is 52.8 Å². The first-order chi connectivity index (χ1) is 5.41. The van der Waals surface area contributed by atoms with Crippen LogP contribution < -0.4 is 18.9 Å². The second-order valence-electron chi connectivity index (χ2n) is 5.07. The Balaban J connectivity index is 0. The molecule has 0 aromatic rings. The van der Waals surface area contributed by atoms with E-state index in [1.165, 1.54) is 5.57 Å². The molecule has 0 bridgehead atoms. The van der Waals surface area contributed by atoms with Crippen LogP contribution in [-0.2, 0) is 0 Å². The standard InChI is InChI=1S/C12H20.Li.H/c1-9(2)10-6-7-11(8-10)12(3,4)5;;/h6-9,11H,1-5H3;;/q;+1;-1.